The maximum Gasteiger partial charge on any atom is 0.407 e. The maximum atomic E-state index is 14.2. The molecule has 0 bridgehead atoms. The first-order valence-electron chi connectivity index (χ1n) is 8.32. The Hall–Kier alpha value is -2.32. The Morgan fingerprint density at radius 3 is 2.63 bits per heavy atom. The molecule has 10 heteroatoms. The van der Waals surface area contributed by atoms with Gasteiger partial charge in [0.25, 0.3) is 0 Å². The van der Waals surface area contributed by atoms with Gasteiger partial charge in [0.05, 0.1) is 12.2 Å². The molecule has 1 aliphatic heterocycles. The largest absolute Gasteiger partial charge is 0.465 e. The molecule has 0 radical (unpaired) electrons. The molecule has 27 heavy (non-hydrogen) atoms. The highest BCUT2D eigenvalue weighted by atomic mass is 35.5. The molecule has 0 saturated carbocycles. The Labute approximate surface area is 165 Å². The van der Waals surface area contributed by atoms with Crippen LogP contribution in [-0.4, -0.2) is 52.2 Å². The van der Waals surface area contributed by atoms with E-state index in [-0.39, 0.29) is 11.9 Å². The number of piperazine rings is 1. The fourth-order valence-electron chi connectivity index (χ4n) is 2.84. The molecule has 1 atom stereocenters. The first kappa shape index (κ1) is 19.4. The van der Waals surface area contributed by atoms with Gasteiger partial charge in [-0.25, -0.2) is 14.2 Å². The number of carboxylic acid groups (broad SMARTS) is 1. The van der Waals surface area contributed by atoms with Gasteiger partial charge in [0.15, 0.2) is 11.6 Å². The Kier molecular flexibility index (Phi) is 5.86. The second kappa shape index (κ2) is 8.14. The minimum Gasteiger partial charge on any atom is -0.465 e. The lowest BCUT2D eigenvalue weighted by Gasteiger charge is -2.33. The van der Waals surface area contributed by atoms with Crippen molar-refractivity contribution in [3.63, 3.8) is 0 Å². The van der Waals surface area contributed by atoms with Gasteiger partial charge in [-0.2, -0.15) is 4.98 Å². The highest BCUT2D eigenvalue weighted by Crippen LogP contribution is 2.29. The Morgan fingerprint density at radius 2 is 2.00 bits per heavy atom. The molecule has 7 nitrogen and oxygen atoms in total. The minimum absolute atomic E-state index is 0.0548. The van der Waals surface area contributed by atoms with Crippen LogP contribution in [0.25, 0.3) is 0 Å². The molecule has 1 aromatic heterocycles. The molecule has 1 saturated heterocycles. The number of hydrogen-bond acceptors (Lipinski definition) is 5. The molecule has 0 aliphatic carbocycles. The van der Waals surface area contributed by atoms with Crippen molar-refractivity contribution < 1.29 is 14.3 Å². The third-order valence-corrected chi connectivity index (χ3v) is 4.91. The lowest BCUT2D eigenvalue weighted by atomic mass is 10.1. The zero-order chi connectivity index (χ0) is 19.6. The topological polar surface area (TPSA) is 81.6 Å². The van der Waals surface area contributed by atoms with Crippen molar-refractivity contribution in [3.05, 3.63) is 45.8 Å². The van der Waals surface area contributed by atoms with E-state index in [1.165, 1.54) is 4.90 Å². The lowest BCUT2D eigenvalue weighted by Crippen LogP contribution is -2.48. The first-order valence-corrected chi connectivity index (χ1v) is 9.07. The fraction of sp³-hybridized carbons (Fsp3) is 0.353. The molecule has 2 N–H and O–H groups in total. The second-order valence-electron chi connectivity index (χ2n) is 6.16. The Balaban J connectivity index is 1.75. The smallest absolute Gasteiger partial charge is 0.407 e. The van der Waals surface area contributed by atoms with Crippen LogP contribution in [0.3, 0.4) is 0 Å². The number of hydrogen-bond donors (Lipinski definition) is 2. The zero-order valence-electron chi connectivity index (χ0n) is 14.5. The van der Waals surface area contributed by atoms with Crippen molar-refractivity contribution in [2.45, 2.75) is 13.0 Å². The SMILES string of the molecule is CC(Nc1nc(N2CCN(C(=O)O)CC2)ncc1F)c1ccc(Cl)cc1Cl. The molecule has 0 spiro atoms. The van der Waals surface area contributed by atoms with E-state index in [4.69, 9.17) is 28.3 Å². The third kappa shape index (κ3) is 4.51. The summed E-state index contributed by atoms with van der Waals surface area (Å²) in [6.07, 6.45) is 0.149. The number of nitrogens with zero attached hydrogens (tertiary/aromatic N) is 4. The summed E-state index contributed by atoms with van der Waals surface area (Å²) in [5, 5.41) is 13.0. The minimum atomic E-state index is -0.953. The molecule has 1 fully saturated rings. The number of anilines is 2. The van der Waals surface area contributed by atoms with Crippen molar-refractivity contribution in [1.82, 2.24) is 14.9 Å². The quantitative estimate of drug-likeness (QED) is 0.790. The van der Waals surface area contributed by atoms with E-state index >= 15 is 0 Å². The molecule has 2 heterocycles. The van der Waals surface area contributed by atoms with Gasteiger partial charge in [-0.3, -0.25) is 0 Å². The van der Waals surface area contributed by atoms with Crippen LogP contribution in [0, 0.1) is 5.82 Å². The highest BCUT2D eigenvalue weighted by Gasteiger charge is 2.23. The van der Waals surface area contributed by atoms with Crippen molar-refractivity contribution in [3.8, 4) is 0 Å². The number of carbonyl (C=O) groups is 1. The predicted molar refractivity (Wildman–Crippen MR) is 102 cm³/mol. The summed E-state index contributed by atoms with van der Waals surface area (Å²) in [5.74, 6) is -0.183. The molecular formula is C17H18Cl2FN5O2. The molecule has 1 amide bonds. The Morgan fingerprint density at radius 1 is 1.30 bits per heavy atom. The maximum absolute atomic E-state index is 14.2. The normalized spacial score (nSPS) is 15.6. The molecule has 144 valence electrons. The van der Waals surface area contributed by atoms with E-state index in [0.29, 0.717) is 42.2 Å². The lowest BCUT2D eigenvalue weighted by molar-refractivity contribution is 0.142. The van der Waals surface area contributed by atoms with Crippen LogP contribution in [0.2, 0.25) is 10.0 Å². The van der Waals surface area contributed by atoms with Crippen molar-refractivity contribution >= 4 is 41.1 Å². The van der Waals surface area contributed by atoms with Crippen LogP contribution in [0.4, 0.5) is 21.0 Å². The van der Waals surface area contributed by atoms with Gasteiger partial charge in [0, 0.05) is 36.2 Å². The average Bonchev–Trinajstić information content (AvgIpc) is 2.63. The van der Waals surface area contributed by atoms with Gasteiger partial charge in [-0.1, -0.05) is 29.3 Å². The highest BCUT2D eigenvalue weighted by molar-refractivity contribution is 6.35. The first-order chi connectivity index (χ1) is 12.8. The molecule has 3 rings (SSSR count). The van der Waals surface area contributed by atoms with Gasteiger partial charge in [0.1, 0.15) is 0 Å². The van der Waals surface area contributed by atoms with Crippen LogP contribution in [0.5, 0.6) is 0 Å². The fourth-order valence-corrected chi connectivity index (χ4v) is 3.42. The summed E-state index contributed by atoms with van der Waals surface area (Å²) < 4.78 is 14.2. The summed E-state index contributed by atoms with van der Waals surface area (Å²) >= 11 is 12.1. The number of nitrogens with one attached hydrogen (secondary N) is 1. The average molecular weight is 414 g/mol. The number of benzene rings is 1. The van der Waals surface area contributed by atoms with Gasteiger partial charge >= 0.3 is 6.09 Å². The number of halogens is 3. The van der Waals surface area contributed by atoms with Crippen molar-refractivity contribution in [2.75, 3.05) is 36.4 Å². The Bertz CT molecular complexity index is 846. The third-order valence-electron chi connectivity index (χ3n) is 4.35. The zero-order valence-corrected chi connectivity index (χ0v) is 16.0. The van der Waals surface area contributed by atoms with Gasteiger partial charge < -0.3 is 20.2 Å². The summed E-state index contributed by atoms with van der Waals surface area (Å²) in [6.45, 7) is 3.40. The molecular weight excluding hydrogens is 396 g/mol. The molecule has 1 aliphatic rings. The second-order valence-corrected chi connectivity index (χ2v) is 7.00. The number of aromatic nitrogens is 2. The molecule has 2 aromatic rings. The van der Waals surface area contributed by atoms with Crippen LogP contribution >= 0.6 is 23.2 Å². The summed E-state index contributed by atoms with van der Waals surface area (Å²) in [5.41, 5.74) is 0.760. The van der Waals surface area contributed by atoms with Crippen LogP contribution in [-0.2, 0) is 0 Å². The van der Waals surface area contributed by atoms with Crippen LogP contribution < -0.4 is 10.2 Å². The predicted octanol–water partition coefficient (Wildman–Crippen LogP) is 3.90. The van der Waals surface area contributed by atoms with Crippen molar-refractivity contribution in [2.24, 2.45) is 0 Å². The summed E-state index contributed by atoms with van der Waals surface area (Å²) in [6, 6.07) is 4.80. The van der Waals surface area contributed by atoms with Crippen LogP contribution in [0.1, 0.15) is 18.5 Å². The van der Waals surface area contributed by atoms with E-state index in [2.05, 4.69) is 15.3 Å². The van der Waals surface area contributed by atoms with Crippen molar-refractivity contribution in [1.29, 1.82) is 0 Å². The standard InChI is InChI=1S/C17H18Cl2FN5O2/c1-10(12-3-2-11(18)8-13(12)19)22-15-14(20)9-21-16(23-15)24-4-6-25(7-5-24)17(26)27/h2-3,8-10H,4-7H2,1H3,(H,26,27)(H,21,22,23). The number of amides is 1. The number of rotatable bonds is 4. The van der Waals surface area contributed by atoms with E-state index in [1.807, 2.05) is 11.8 Å². The van der Waals surface area contributed by atoms with E-state index < -0.39 is 11.9 Å². The van der Waals surface area contributed by atoms with Crippen LogP contribution in [0.15, 0.2) is 24.4 Å². The summed E-state index contributed by atoms with van der Waals surface area (Å²) in [7, 11) is 0. The molecule has 1 aromatic carbocycles. The van der Waals surface area contributed by atoms with E-state index in [0.717, 1.165) is 11.8 Å². The van der Waals surface area contributed by atoms with E-state index in [1.54, 1.807) is 18.2 Å². The van der Waals surface area contributed by atoms with Gasteiger partial charge in [-0.15, -0.1) is 0 Å². The van der Waals surface area contributed by atoms with E-state index in [9.17, 15) is 9.18 Å². The van der Waals surface area contributed by atoms with Gasteiger partial charge in [0.2, 0.25) is 5.95 Å². The molecule has 1 unspecified atom stereocenters. The monoisotopic (exact) mass is 413 g/mol. The van der Waals surface area contributed by atoms with Gasteiger partial charge in [-0.05, 0) is 24.6 Å². The summed E-state index contributed by atoms with van der Waals surface area (Å²) in [4.78, 5) is 22.4.